The fraction of sp³-hybridized carbons (Fsp3) is 0.308. The summed E-state index contributed by atoms with van der Waals surface area (Å²) < 4.78 is 13.2. The molecule has 2 aromatic heterocycles. The molecule has 1 saturated carbocycles. The zero-order valence-corrected chi connectivity index (χ0v) is 19.6. The largest absolute Gasteiger partial charge is 0.300 e. The van der Waals surface area contributed by atoms with E-state index >= 15 is 0 Å². The molecule has 0 saturated heterocycles. The minimum atomic E-state index is -0.883. The van der Waals surface area contributed by atoms with Crippen LogP contribution >= 0.6 is 11.6 Å². The van der Waals surface area contributed by atoms with Gasteiger partial charge in [0.05, 0.1) is 23.1 Å². The summed E-state index contributed by atoms with van der Waals surface area (Å²) in [5.41, 5.74) is 3.49. The van der Waals surface area contributed by atoms with Crippen LogP contribution in [0.2, 0.25) is 5.02 Å². The predicted molar refractivity (Wildman–Crippen MR) is 125 cm³/mol. The monoisotopic (exact) mass is 479 g/mol. The topological polar surface area (TPSA) is 89.9 Å². The number of benzene rings is 1. The Bertz CT molecular complexity index is 1250. The maximum Gasteiger partial charge on any atom is 0.159 e. The Hall–Kier alpha value is -3.32. The van der Waals surface area contributed by atoms with Crippen molar-refractivity contribution in [2.24, 2.45) is 5.92 Å². The van der Waals surface area contributed by atoms with Crippen LogP contribution in [0.3, 0.4) is 0 Å². The Kier molecular flexibility index (Phi) is 6.93. The molecule has 6 nitrogen and oxygen atoms in total. The van der Waals surface area contributed by atoms with Gasteiger partial charge in [0.2, 0.25) is 0 Å². The van der Waals surface area contributed by atoms with Crippen LogP contribution < -0.4 is 0 Å². The number of aromatic nitrogens is 3. The van der Waals surface area contributed by atoms with Crippen molar-refractivity contribution in [2.75, 3.05) is 0 Å². The molecule has 0 radical (unpaired) electrons. The molecule has 1 aliphatic carbocycles. The molecular weight excluding hydrogens is 457 g/mol. The van der Waals surface area contributed by atoms with Crippen LogP contribution in [0.15, 0.2) is 42.9 Å². The first-order chi connectivity index (χ1) is 16.2. The molecule has 1 aromatic carbocycles. The third-order valence-electron chi connectivity index (χ3n) is 6.17. The molecule has 1 fully saturated rings. The number of hydrogen-bond acceptors (Lipinski definition) is 6. The highest BCUT2D eigenvalue weighted by molar-refractivity contribution is 6.31. The van der Waals surface area contributed by atoms with E-state index in [0.29, 0.717) is 34.1 Å². The highest BCUT2D eigenvalue weighted by Gasteiger charge is 2.43. The lowest BCUT2D eigenvalue weighted by molar-refractivity contribution is -0.127. The van der Waals surface area contributed by atoms with Crippen LogP contribution in [0.4, 0.5) is 4.39 Å². The lowest BCUT2D eigenvalue weighted by Crippen LogP contribution is -2.19. The van der Waals surface area contributed by atoms with Crippen LogP contribution in [0.5, 0.6) is 0 Å². The summed E-state index contributed by atoms with van der Waals surface area (Å²) in [6, 6.07) is 7.03. The molecule has 0 N–H and O–H groups in total. The Morgan fingerprint density at radius 3 is 2.44 bits per heavy atom. The second-order valence-corrected chi connectivity index (χ2v) is 9.03. The molecule has 8 heteroatoms. The maximum absolute atomic E-state index is 13.2. The van der Waals surface area contributed by atoms with Gasteiger partial charge in [-0.2, -0.15) is 0 Å². The normalized spacial score (nSPS) is 17.9. The minimum absolute atomic E-state index is 0.0329. The van der Waals surface area contributed by atoms with Crippen molar-refractivity contribution < 1.29 is 18.8 Å². The standard InChI is InChI=1S/C26H23ClFN3O3/c1-14-8-17(26-30-12-18(28)13-31-26)9-15(2)23(14)24-22(33)11-16(25(24)34)10-19(32)5-6-21-20(27)4-3-7-29-21/h3-4,7-9,12-13,16,24H,5-6,10-11H2,1-2H3. The van der Waals surface area contributed by atoms with Gasteiger partial charge in [0.1, 0.15) is 17.5 Å². The quantitative estimate of drug-likeness (QED) is 0.453. The molecule has 0 amide bonds. The fourth-order valence-corrected chi connectivity index (χ4v) is 4.81. The number of Topliss-reactive ketones (excluding diaryl/α,β-unsaturated/α-hetero) is 3. The lowest BCUT2D eigenvalue weighted by atomic mass is 9.85. The van der Waals surface area contributed by atoms with Gasteiger partial charge < -0.3 is 0 Å². The highest BCUT2D eigenvalue weighted by atomic mass is 35.5. The number of carbonyl (C=O) groups is 3. The average molecular weight is 480 g/mol. The van der Waals surface area contributed by atoms with Crippen LogP contribution in [0, 0.1) is 25.6 Å². The Labute approximate surface area is 201 Å². The first-order valence-electron chi connectivity index (χ1n) is 11.0. The van der Waals surface area contributed by atoms with Gasteiger partial charge in [0, 0.05) is 36.9 Å². The van der Waals surface area contributed by atoms with Crippen molar-refractivity contribution in [1.82, 2.24) is 15.0 Å². The van der Waals surface area contributed by atoms with Crippen LogP contribution in [-0.2, 0) is 20.8 Å². The van der Waals surface area contributed by atoms with Crippen molar-refractivity contribution in [1.29, 1.82) is 0 Å². The van der Waals surface area contributed by atoms with Gasteiger partial charge in [-0.3, -0.25) is 19.4 Å². The first-order valence-corrected chi connectivity index (χ1v) is 11.4. The molecule has 0 aliphatic heterocycles. The number of nitrogens with zero attached hydrogens (tertiary/aromatic N) is 3. The molecule has 34 heavy (non-hydrogen) atoms. The highest BCUT2D eigenvalue weighted by Crippen LogP contribution is 2.38. The molecule has 2 unspecified atom stereocenters. The molecule has 2 atom stereocenters. The van der Waals surface area contributed by atoms with Gasteiger partial charge in [0.15, 0.2) is 17.4 Å². The number of ketones is 3. The van der Waals surface area contributed by atoms with Crippen LogP contribution in [-0.4, -0.2) is 32.3 Å². The Morgan fingerprint density at radius 1 is 1.12 bits per heavy atom. The molecule has 2 heterocycles. The molecule has 1 aliphatic rings. The summed E-state index contributed by atoms with van der Waals surface area (Å²) in [7, 11) is 0. The van der Waals surface area contributed by atoms with Gasteiger partial charge >= 0.3 is 0 Å². The summed E-state index contributed by atoms with van der Waals surface area (Å²) in [6.07, 6.45) is 4.49. The Balaban J connectivity index is 1.48. The van der Waals surface area contributed by atoms with Crippen molar-refractivity contribution >= 4 is 29.0 Å². The molecule has 0 spiro atoms. The summed E-state index contributed by atoms with van der Waals surface area (Å²) in [5, 5.41) is 0.503. The van der Waals surface area contributed by atoms with Gasteiger partial charge in [-0.25, -0.2) is 14.4 Å². The van der Waals surface area contributed by atoms with Gasteiger partial charge in [0.25, 0.3) is 0 Å². The summed E-state index contributed by atoms with van der Waals surface area (Å²) >= 11 is 6.10. The number of pyridine rings is 1. The predicted octanol–water partition coefficient (Wildman–Crippen LogP) is 4.78. The smallest absolute Gasteiger partial charge is 0.159 e. The van der Waals surface area contributed by atoms with Gasteiger partial charge in [-0.1, -0.05) is 11.6 Å². The lowest BCUT2D eigenvalue weighted by Gasteiger charge is -2.17. The molecule has 3 aromatic rings. The molecule has 174 valence electrons. The first kappa shape index (κ1) is 23.8. The number of aryl methyl sites for hydroxylation is 3. The van der Waals surface area contributed by atoms with Gasteiger partial charge in [-0.05, 0) is 61.2 Å². The maximum atomic E-state index is 13.2. The third kappa shape index (κ3) is 4.94. The van der Waals surface area contributed by atoms with E-state index in [0.717, 1.165) is 23.5 Å². The van der Waals surface area contributed by atoms with Crippen LogP contribution in [0.25, 0.3) is 11.4 Å². The number of carbonyl (C=O) groups excluding carboxylic acids is 3. The Morgan fingerprint density at radius 2 is 1.79 bits per heavy atom. The van der Waals surface area contributed by atoms with E-state index in [-0.39, 0.29) is 36.6 Å². The van der Waals surface area contributed by atoms with E-state index in [4.69, 9.17) is 11.6 Å². The fourth-order valence-electron chi connectivity index (χ4n) is 4.59. The second-order valence-electron chi connectivity index (χ2n) is 8.63. The second kappa shape index (κ2) is 9.89. The average Bonchev–Trinajstić information content (AvgIpc) is 3.06. The molecule has 4 rings (SSSR count). The van der Waals surface area contributed by atoms with E-state index in [1.807, 2.05) is 13.8 Å². The van der Waals surface area contributed by atoms with Crippen molar-refractivity contribution in [2.45, 2.75) is 45.4 Å². The van der Waals surface area contributed by atoms with E-state index in [2.05, 4.69) is 15.0 Å². The molecular formula is C26H23ClFN3O3. The third-order valence-corrected chi connectivity index (χ3v) is 6.51. The van der Waals surface area contributed by atoms with Crippen molar-refractivity contribution in [3.63, 3.8) is 0 Å². The molecule has 0 bridgehead atoms. The van der Waals surface area contributed by atoms with Crippen molar-refractivity contribution in [3.05, 3.63) is 76.1 Å². The van der Waals surface area contributed by atoms with E-state index in [9.17, 15) is 18.8 Å². The summed E-state index contributed by atoms with van der Waals surface area (Å²) in [6.45, 7) is 3.65. The summed E-state index contributed by atoms with van der Waals surface area (Å²) in [4.78, 5) is 50.8. The minimum Gasteiger partial charge on any atom is -0.300 e. The number of rotatable bonds is 7. The zero-order chi connectivity index (χ0) is 24.4. The van der Waals surface area contributed by atoms with Crippen molar-refractivity contribution in [3.8, 4) is 11.4 Å². The number of hydrogen-bond donors (Lipinski definition) is 0. The van der Waals surface area contributed by atoms with E-state index in [1.165, 1.54) is 0 Å². The number of halogens is 2. The SMILES string of the molecule is Cc1cc(-c2ncc(F)cn2)cc(C)c1C1C(=O)CC(CC(=O)CCc2ncccc2Cl)C1=O. The van der Waals surface area contributed by atoms with E-state index in [1.54, 1.807) is 30.5 Å². The summed E-state index contributed by atoms with van der Waals surface area (Å²) in [5.74, 6) is -2.15. The van der Waals surface area contributed by atoms with E-state index < -0.39 is 17.7 Å². The van der Waals surface area contributed by atoms with Gasteiger partial charge in [-0.15, -0.1) is 0 Å². The zero-order valence-electron chi connectivity index (χ0n) is 18.8. The van der Waals surface area contributed by atoms with Crippen LogP contribution in [0.1, 0.15) is 47.6 Å².